The monoisotopic (exact) mass is 462 g/mol. The summed E-state index contributed by atoms with van der Waals surface area (Å²) in [6.07, 6.45) is 3.56. The molecule has 0 unspecified atom stereocenters. The standard InChI is InChI=1S/C22H20Cl2N2O3S/c1-3-4-5-6-9-26-21(28)15(11-25)12(2)17(22(26)29)19(27)20-18(24)14-8-7-13(23)10-16(14)30-20/h7-8,10,29H,3-6,9H2,1-2H3. The number of unbranched alkanes of at least 4 members (excludes halogenated alkanes) is 3. The van der Waals surface area contributed by atoms with Crippen molar-refractivity contribution in [1.82, 2.24) is 4.57 Å². The number of aromatic hydroxyl groups is 1. The summed E-state index contributed by atoms with van der Waals surface area (Å²) in [5.41, 5.74) is -0.649. The number of carbonyl (C=O) groups excluding carboxylic acids is 1. The maximum Gasteiger partial charge on any atom is 0.271 e. The molecule has 0 aliphatic carbocycles. The fourth-order valence-corrected chi connectivity index (χ4v) is 5.16. The van der Waals surface area contributed by atoms with Crippen LogP contribution in [-0.2, 0) is 6.54 Å². The van der Waals surface area contributed by atoms with Gasteiger partial charge in [0, 0.05) is 21.7 Å². The van der Waals surface area contributed by atoms with Gasteiger partial charge in [0.05, 0.1) is 15.5 Å². The van der Waals surface area contributed by atoms with Crippen molar-refractivity contribution < 1.29 is 9.90 Å². The lowest BCUT2D eigenvalue weighted by molar-refractivity contribution is 0.103. The van der Waals surface area contributed by atoms with Crippen molar-refractivity contribution in [2.24, 2.45) is 0 Å². The van der Waals surface area contributed by atoms with Crippen LogP contribution < -0.4 is 5.56 Å². The number of aromatic nitrogens is 1. The van der Waals surface area contributed by atoms with Gasteiger partial charge in [-0.1, -0.05) is 55.5 Å². The molecule has 0 atom stereocenters. The summed E-state index contributed by atoms with van der Waals surface area (Å²) in [6, 6.07) is 7.01. The third-order valence-corrected chi connectivity index (χ3v) is 6.95. The Kier molecular flexibility index (Phi) is 6.87. The number of nitriles is 1. The molecule has 1 N–H and O–H groups in total. The first-order valence-electron chi connectivity index (χ1n) is 9.60. The molecule has 0 saturated carbocycles. The van der Waals surface area contributed by atoms with Crippen molar-refractivity contribution in [3.8, 4) is 11.9 Å². The van der Waals surface area contributed by atoms with Crippen LogP contribution in [0, 0.1) is 18.3 Å². The largest absolute Gasteiger partial charge is 0.494 e. The lowest BCUT2D eigenvalue weighted by Crippen LogP contribution is -2.26. The zero-order chi connectivity index (χ0) is 22.0. The highest BCUT2D eigenvalue weighted by Crippen LogP contribution is 2.39. The highest BCUT2D eigenvalue weighted by atomic mass is 35.5. The van der Waals surface area contributed by atoms with Gasteiger partial charge in [-0.25, -0.2) is 0 Å². The Balaban J connectivity index is 2.15. The minimum Gasteiger partial charge on any atom is -0.494 e. The van der Waals surface area contributed by atoms with Crippen molar-refractivity contribution in [3.63, 3.8) is 0 Å². The van der Waals surface area contributed by atoms with Crippen LogP contribution in [0.4, 0.5) is 0 Å². The molecule has 0 aliphatic rings. The van der Waals surface area contributed by atoms with E-state index < -0.39 is 17.2 Å². The Hall–Kier alpha value is -2.33. The van der Waals surface area contributed by atoms with Crippen molar-refractivity contribution >= 4 is 50.4 Å². The summed E-state index contributed by atoms with van der Waals surface area (Å²) in [6.45, 7) is 3.80. The van der Waals surface area contributed by atoms with Crippen molar-refractivity contribution in [3.05, 3.63) is 60.2 Å². The minimum absolute atomic E-state index is 0.0683. The molecule has 5 nitrogen and oxygen atoms in total. The van der Waals surface area contributed by atoms with E-state index in [0.29, 0.717) is 16.8 Å². The number of carbonyl (C=O) groups is 1. The van der Waals surface area contributed by atoms with Gasteiger partial charge in [-0.2, -0.15) is 5.26 Å². The minimum atomic E-state index is -0.588. The lowest BCUT2D eigenvalue weighted by atomic mass is 10.0. The molecule has 0 radical (unpaired) electrons. The number of nitrogens with zero attached hydrogens (tertiary/aromatic N) is 2. The first-order chi connectivity index (χ1) is 14.3. The number of hydrogen-bond acceptors (Lipinski definition) is 5. The van der Waals surface area contributed by atoms with E-state index in [1.807, 2.05) is 6.07 Å². The maximum atomic E-state index is 13.4. The van der Waals surface area contributed by atoms with E-state index in [4.69, 9.17) is 23.2 Å². The van der Waals surface area contributed by atoms with E-state index in [-0.39, 0.29) is 33.1 Å². The van der Waals surface area contributed by atoms with Crippen LogP contribution in [0.5, 0.6) is 5.88 Å². The highest BCUT2D eigenvalue weighted by Gasteiger charge is 2.28. The molecule has 0 amide bonds. The van der Waals surface area contributed by atoms with Gasteiger partial charge in [0.2, 0.25) is 11.7 Å². The van der Waals surface area contributed by atoms with Crippen LogP contribution in [-0.4, -0.2) is 15.5 Å². The third-order valence-electron chi connectivity index (χ3n) is 5.06. The Labute approximate surface area is 188 Å². The zero-order valence-electron chi connectivity index (χ0n) is 16.6. The number of rotatable bonds is 7. The Morgan fingerprint density at radius 1 is 1.27 bits per heavy atom. The van der Waals surface area contributed by atoms with Gasteiger partial charge >= 0.3 is 0 Å². The van der Waals surface area contributed by atoms with Crippen molar-refractivity contribution in [1.29, 1.82) is 5.26 Å². The SMILES string of the molecule is CCCCCCn1c(O)c(C(=O)c2sc3cc(Cl)ccc3c2Cl)c(C)c(C#N)c1=O. The van der Waals surface area contributed by atoms with Gasteiger partial charge in [-0.15, -0.1) is 11.3 Å². The fraction of sp³-hybridized carbons (Fsp3) is 0.318. The zero-order valence-corrected chi connectivity index (χ0v) is 18.9. The molecule has 3 rings (SSSR count). The summed E-state index contributed by atoms with van der Waals surface area (Å²) < 4.78 is 1.85. The van der Waals surface area contributed by atoms with Crippen LogP contribution in [0.1, 0.15) is 59.0 Å². The molecule has 0 spiro atoms. The van der Waals surface area contributed by atoms with E-state index in [1.165, 1.54) is 6.92 Å². The topological polar surface area (TPSA) is 83.1 Å². The Morgan fingerprint density at radius 2 is 2.00 bits per heavy atom. The molecule has 30 heavy (non-hydrogen) atoms. The van der Waals surface area contributed by atoms with E-state index in [2.05, 4.69) is 6.92 Å². The summed E-state index contributed by atoms with van der Waals surface area (Å²) in [4.78, 5) is 26.3. The van der Waals surface area contributed by atoms with Crippen LogP contribution >= 0.6 is 34.5 Å². The van der Waals surface area contributed by atoms with E-state index in [0.717, 1.165) is 39.9 Å². The lowest BCUT2D eigenvalue weighted by Gasteiger charge is -2.15. The normalized spacial score (nSPS) is 11.0. The summed E-state index contributed by atoms with van der Waals surface area (Å²) in [5.74, 6) is -0.948. The summed E-state index contributed by atoms with van der Waals surface area (Å²) >= 11 is 13.7. The van der Waals surface area contributed by atoms with Crippen LogP contribution in [0.15, 0.2) is 23.0 Å². The van der Waals surface area contributed by atoms with Crippen LogP contribution in [0.25, 0.3) is 10.1 Å². The molecule has 0 saturated heterocycles. The van der Waals surface area contributed by atoms with Gasteiger partial charge < -0.3 is 5.11 Å². The molecule has 0 aliphatic heterocycles. The average molecular weight is 463 g/mol. The number of fused-ring (bicyclic) bond motifs is 1. The second-order valence-corrected chi connectivity index (χ2v) is 8.91. The van der Waals surface area contributed by atoms with E-state index in [9.17, 15) is 20.0 Å². The smallest absolute Gasteiger partial charge is 0.271 e. The average Bonchev–Trinajstić information content (AvgIpc) is 3.03. The number of pyridine rings is 1. The molecule has 8 heteroatoms. The molecule has 3 aromatic rings. The molecule has 2 heterocycles. The number of ketones is 1. The summed E-state index contributed by atoms with van der Waals surface area (Å²) in [5, 5.41) is 21.8. The second-order valence-electron chi connectivity index (χ2n) is 7.04. The number of halogens is 2. The molecular formula is C22H20Cl2N2O3S. The van der Waals surface area contributed by atoms with Crippen molar-refractivity contribution in [2.75, 3.05) is 0 Å². The number of benzene rings is 1. The predicted molar refractivity (Wildman–Crippen MR) is 121 cm³/mol. The molecular weight excluding hydrogens is 443 g/mol. The molecule has 1 aromatic carbocycles. The first kappa shape index (κ1) is 22.4. The second kappa shape index (κ2) is 9.22. The quantitative estimate of drug-likeness (QED) is 0.341. The Morgan fingerprint density at radius 3 is 2.67 bits per heavy atom. The highest BCUT2D eigenvalue weighted by molar-refractivity contribution is 7.21. The molecule has 156 valence electrons. The van der Waals surface area contributed by atoms with Gasteiger partial charge in [-0.3, -0.25) is 14.2 Å². The number of hydrogen-bond donors (Lipinski definition) is 1. The molecule has 0 bridgehead atoms. The van der Waals surface area contributed by atoms with E-state index >= 15 is 0 Å². The molecule has 2 aromatic heterocycles. The Bertz CT molecular complexity index is 1240. The molecule has 0 fully saturated rings. The fourth-order valence-electron chi connectivity index (χ4n) is 3.43. The van der Waals surface area contributed by atoms with Gasteiger partial charge in [0.15, 0.2) is 0 Å². The number of thiophene rings is 1. The van der Waals surface area contributed by atoms with E-state index in [1.54, 1.807) is 18.2 Å². The van der Waals surface area contributed by atoms with Crippen LogP contribution in [0.2, 0.25) is 10.0 Å². The first-order valence-corrected chi connectivity index (χ1v) is 11.2. The van der Waals surface area contributed by atoms with Gasteiger partial charge in [0.25, 0.3) is 5.56 Å². The third kappa shape index (κ3) is 3.98. The maximum absolute atomic E-state index is 13.4. The summed E-state index contributed by atoms with van der Waals surface area (Å²) in [7, 11) is 0. The van der Waals surface area contributed by atoms with Crippen LogP contribution in [0.3, 0.4) is 0 Å². The predicted octanol–water partition coefficient (Wildman–Crippen LogP) is 6.07. The van der Waals surface area contributed by atoms with Crippen molar-refractivity contribution in [2.45, 2.75) is 46.1 Å². The van der Waals surface area contributed by atoms with Gasteiger partial charge in [0.1, 0.15) is 11.6 Å². The van der Waals surface area contributed by atoms with Gasteiger partial charge in [-0.05, 0) is 31.0 Å².